The number of allylic oxidation sites excluding steroid dienone is 1. The zero-order chi connectivity index (χ0) is 62.1. The molecule has 0 aliphatic carbocycles. The van der Waals surface area contributed by atoms with Crippen LogP contribution in [0.15, 0.2) is 12.2 Å². The molecule has 85 heavy (non-hydrogen) atoms. The standard InChI is InChI=1S/C75H149N2O7P/c1-7-10-13-16-19-22-25-28-30-32-34-36-37-38-39-41-42-44-46-49-52-55-58-61-64-67-74(78)76-72(71-83-85(80,81)82-70-69-77(4,5)6)73(66-63-60-57-54-51-48-27-24-21-18-15-12-9-3)84-75(79)68-65-62-59-56-53-50-47-45-43-40-35-33-31-29-26-23-20-17-14-11-8-2/h63,66,72-73H,7-62,64-65,67-71H2,1-6H3,(H-,76,78,80,81)/p+1/b66-63+. The van der Waals surface area contributed by atoms with Crippen LogP contribution in [-0.2, 0) is 27.9 Å². The molecule has 0 aromatic heterocycles. The number of esters is 1. The van der Waals surface area contributed by atoms with E-state index in [0.717, 1.165) is 57.8 Å². The summed E-state index contributed by atoms with van der Waals surface area (Å²) in [5.41, 5.74) is 0. The molecule has 3 unspecified atom stereocenters. The smallest absolute Gasteiger partial charge is 0.456 e. The molecule has 3 atom stereocenters. The largest absolute Gasteiger partial charge is 0.472 e. The van der Waals surface area contributed by atoms with E-state index in [2.05, 4.69) is 32.2 Å². The topological polar surface area (TPSA) is 111 Å². The van der Waals surface area contributed by atoms with Gasteiger partial charge in [0.05, 0.1) is 33.8 Å². The zero-order valence-electron chi connectivity index (χ0n) is 58.1. The number of likely N-dealkylation sites (N-methyl/N-ethyl adjacent to an activating group) is 1. The number of phosphoric ester groups is 1. The van der Waals surface area contributed by atoms with E-state index in [1.165, 1.54) is 315 Å². The monoisotopic (exact) mass is 1220 g/mol. The highest BCUT2D eigenvalue weighted by Crippen LogP contribution is 2.43. The molecule has 0 aliphatic heterocycles. The summed E-state index contributed by atoms with van der Waals surface area (Å²) < 4.78 is 30.9. The molecule has 10 heteroatoms. The Bertz CT molecular complexity index is 1450. The maximum Gasteiger partial charge on any atom is 0.472 e. The minimum absolute atomic E-state index is 0.0463. The van der Waals surface area contributed by atoms with Gasteiger partial charge < -0.3 is 19.4 Å². The molecule has 0 spiro atoms. The van der Waals surface area contributed by atoms with Crippen LogP contribution in [0.1, 0.15) is 406 Å². The van der Waals surface area contributed by atoms with Crippen molar-refractivity contribution < 1.29 is 37.3 Å². The molecule has 0 aliphatic rings. The SMILES string of the molecule is CCCCCCCCCCCCC/C=C/C(OC(=O)CCCCCCCCCCCCCCCCCCCCCCC)C(COP(=O)(O)OCC[N+](C)(C)C)NC(=O)CCCCCCCCCCCCCCCCCCCCCCCCCCC. The van der Waals surface area contributed by atoms with Gasteiger partial charge in [0.15, 0.2) is 0 Å². The molecule has 9 nitrogen and oxygen atoms in total. The molecular formula is C75H150N2O7P+. The molecule has 0 heterocycles. The van der Waals surface area contributed by atoms with E-state index in [1.807, 2.05) is 27.2 Å². The molecule has 0 aromatic rings. The van der Waals surface area contributed by atoms with Crippen molar-refractivity contribution in [2.75, 3.05) is 40.9 Å². The fourth-order valence-electron chi connectivity index (χ4n) is 11.9. The molecular weight excluding hydrogens is 1070 g/mol. The van der Waals surface area contributed by atoms with Crippen molar-refractivity contribution in [1.29, 1.82) is 0 Å². The normalized spacial score (nSPS) is 13.4. The highest BCUT2D eigenvalue weighted by Gasteiger charge is 2.30. The van der Waals surface area contributed by atoms with Gasteiger partial charge in [-0.2, -0.15) is 0 Å². The van der Waals surface area contributed by atoms with Gasteiger partial charge in [-0.05, 0) is 31.8 Å². The first-order valence-corrected chi connectivity index (χ1v) is 39.5. The molecule has 0 rings (SSSR count). The van der Waals surface area contributed by atoms with E-state index in [9.17, 15) is 19.0 Å². The maximum absolute atomic E-state index is 13.6. The van der Waals surface area contributed by atoms with Gasteiger partial charge in [0.25, 0.3) is 0 Å². The average Bonchev–Trinajstić information content (AvgIpc) is 3.50. The zero-order valence-corrected chi connectivity index (χ0v) is 59.0. The van der Waals surface area contributed by atoms with Crippen LogP contribution in [0.2, 0.25) is 0 Å². The lowest BCUT2D eigenvalue weighted by Crippen LogP contribution is -2.47. The van der Waals surface area contributed by atoms with Crippen LogP contribution >= 0.6 is 7.82 Å². The highest BCUT2D eigenvalue weighted by molar-refractivity contribution is 7.47. The third kappa shape index (κ3) is 67.0. The second kappa shape index (κ2) is 65.7. The van der Waals surface area contributed by atoms with Crippen LogP contribution in [0.25, 0.3) is 0 Å². The number of carbonyl (C=O) groups is 2. The van der Waals surface area contributed by atoms with E-state index in [0.29, 0.717) is 23.9 Å². The van der Waals surface area contributed by atoms with E-state index in [-0.39, 0.29) is 25.1 Å². The van der Waals surface area contributed by atoms with Gasteiger partial charge >= 0.3 is 13.8 Å². The van der Waals surface area contributed by atoms with Crippen LogP contribution in [0.3, 0.4) is 0 Å². The Hall–Kier alpha value is -1.25. The van der Waals surface area contributed by atoms with Crippen LogP contribution < -0.4 is 5.32 Å². The molecule has 0 saturated heterocycles. The van der Waals surface area contributed by atoms with Crippen LogP contribution in [0, 0.1) is 0 Å². The van der Waals surface area contributed by atoms with E-state index in [1.54, 1.807) is 0 Å². The molecule has 0 radical (unpaired) electrons. The molecule has 0 aromatic carbocycles. The first-order valence-electron chi connectivity index (χ1n) is 38.0. The Labute approximate surface area is 531 Å². The second-order valence-electron chi connectivity index (χ2n) is 27.5. The van der Waals surface area contributed by atoms with Gasteiger partial charge in [0.1, 0.15) is 19.3 Å². The highest BCUT2D eigenvalue weighted by atomic mass is 31.2. The van der Waals surface area contributed by atoms with E-state index >= 15 is 0 Å². The molecule has 0 fully saturated rings. The Morgan fingerprint density at radius 1 is 0.400 bits per heavy atom. The van der Waals surface area contributed by atoms with Crippen molar-refractivity contribution in [2.45, 2.75) is 418 Å². The third-order valence-electron chi connectivity index (χ3n) is 17.7. The molecule has 0 bridgehead atoms. The number of phosphoric acid groups is 1. The lowest BCUT2D eigenvalue weighted by atomic mass is 10.0. The maximum atomic E-state index is 13.6. The second-order valence-corrected chi connectivity index (χ2v) is 29.0. The van der Waals surface area contributed by atoms with Gasteiger partial charge in [0.2, 0.25) is 5.91 Å². The minimum atomic E-state index is -4.45. The van der Waals surface area contributed by atoms with E-state index in [4.69, 9.17) is 13.8 Å². The number of hydrogen-bond donors (Lipinski definition) is 2. The van der Waals surface area contributed by atoms with Crippen molar-refractivity contribution in [2.24, 2.45) is 0 Å². The number of hydrogen-bond acceptors (Lipinski definition) is 6. The third-order valence-corrected chi connectivity index (χ3v) is 18.7. The lowest BCUT2D eigenvalue weighted by molar-refractivity contribution is -0.870. The first-order chi connectivity index (χ1) is 41.4. The van der Waals surface area contributed by atoms with Crippen LogP contribution in [-0.4, -0.2) is 74.3 Å². The summed E-state index contributed by atoms with van der Waals surface area (Å²) in [5, 5.41) is 3.09. The minimum Gasteiger partial charge on any atom is -0.456 e. The number of amides is 1. The van der Waals surface area contributed by atoms with Crippen molar-refractivity contribution in [3.05, 3.63) is 12.2 Å². The number of unbranched alkanes of at least 4 members (excludes halogenated alkanes) is 55. The quantitative estimate of drug-likeness (QED) is 0.0205. The van der Waals surface area contributed by atoms with Crippen LogP contribution in [0.4, 0.5) is 0 Å². The number of nitrogens with one attached hydrogen (secondary N) is 1. The van der Waals surface area contributed by atoms with Crippen molar-refractivity contribution in [3.8, 4) is 0 Å². The Kier molecular flexibility index (Phi) is 64.7. The van der Waals surface area contributed by atoms with E-state index < -0.39 is 20.0 Å². The Morgan fingerprint density at radius 2 is 0.671 bits per heavy atom. The summed E-state index contributed by atoms with van der Waals surface area (Å²) in [6, 6.07) is -0.841. The molecule has 1 amide bonds. The predicted molar refractivity (Wildman–Crippen MR) is 370 cm³/mol. The Morgan fingerprint density at radius 3 is 0.965 bits per heavy atom. The first kappa shape index (κ1) is 83.8. The fourth-order valence-corrected chi connectivity index (χ4v) is 12.6. The number of ether oxygens (including phenoxy) is 1. The average molecular weight is 1220 g/mol. The summed E-state index contributed by atoms with van der Waals surface area (Å²) in [6.07, 6.45) is 79.5. The number of nitrogens with zero attached hydrogens (tertiary/aromatic N) is 1. The van der Waals surface area contributed by atoms with Gasteiger partial charge in [-0.3, -0.25) is 18.6 Å². The predicted octanol–water partition coefficient (Wildman–Crippen LogP) is 24.2. The molecule has 506 valence electrons. The van der Waals surface area contributed by atoms with Crippen molar-refractivity contribution in [3.63, 3.8) is 0 Å². The van der Waals surface area contributed by atoms with Gasteiger partial charge in [0, 0.05) is 12.8 Å². The van der Waals surface area contributed by atoms with Gasteiger partial charge in [-0.15, -0.1) is 0 Å². The van der Waals surface area contributed by atoms with Gasteiger partial charge in [-0.25, -0.2) is 4.57 Å². The lowest BCUT2D eigenvalue weighted by Gasteiger charge is -2.27. The summed E-state index contributed by atoms with van der Waals surface area (Å²) in [5.74, 6) is -0.474. The Balaban J connectivity index is 4.98. The summed E-state index contributed by atoms with van der Waals surface area (Å²) in [6.45, 7) is 7.11. The van der Waals surface area contributed by atoms with Crippen molar-refractivity contribution >= 4 is 19.7 Å². The summed E-state index contributed by atoms with van der Waals surface area (Å²) >= 11 is 0. The number of quaternary nitrogens is 1. The van der Waals surface area contributed by atoms with Gasteiger partial charge in [-0.1, -0.05) is 374 Å². The van der Waals surface area contributed by atoms with Crippen LogP contribution in [0.5, 0.6) is 0 Å². The number of carbonyl (C=O) groups excluding carboxylic acids is 2. The number of rotatable bonds is 71. The molecule has 0 saturated carbocycles. The molecule has 2 N–H and O–H groups in total. The summed E-state index contributed by atoms with van der Waals surface area (Å²) in [7, 11) is 1.53. The fraction of sp³-hybridized carbons (Fsp3) is 0.947. The van der Waals surface area contributed by atoms with Crippen molar-refractivity contribution in [1.82, 2.24) is 5.32 Å². The summed E-state index contributed by atoms with van der Waals surface area (Å²) in [4.78, 5) is 38.0.